The van der Waals surface area contributed by atoms with Crippen LogP contribution < -0.4 is 5.32 Å². The number of rotatable bonds is 4. The molecule has 1 aliphatic carbocycles. The Kier molecular flexibility index (Phi) is 5.44. The number of halogens is 3. The van der Waals surface area contributed by atoms with Gasteiger partial charge in [-0.2, -0.15) is 0 Å². The van der Waals surface area contributed by atoms with Gasteiger partial charge in [0.2, 0.25) is 0 Å². The van der Waals surface area contributed by atoms with Crippen LogP contribution in [0, 0.1) is 11.2 Å². The predicted octanol–water partition coefficient (Wildman–Crippen LogP) is 4.55. The lowest BCUT2D eigenvalue weighted by molar-refractivity contribution is 0.0918. The Morgan fingerprint density at radius 2 is 2.05 bits per heavy atom. The summed E-state index contributed by atoms with van der Waals surface area (Å²) >= 11 is 9.25. The highest BCUT2D eigenvalue weighted by Gasteiger charge is 2.31. The Balaban J connectivity index is 2.02. The number of carbonyl (C=O) groups is 1. The Bertz CT molecular complexity index is 489. The Hall–Kier alpha value is -0.610. The lowest BCUT2D eigenvalue weighted by Crippen LogP contribution is -2.40. The quantitative estimate of drug-likeness (QED) is 0.782. The molecule has 1 saturated carbocycles. The first-order valence-corrected chi connectivity index (χ1v) is 8.36. The van der Waals surface area contributed by atoms with E-state index in [4.69, 9.17) is 11.6 Å². The van der Waals surface area contributed by atoms with E-state index in [1.807, 2.05) is 0 Å². The fourth-order valence-corrected chi connectivity index (χ4v) is 3.64. The van der Waals surface area contributed by atoms with Crippen LogP contribution in [0.25, 0.3) is 0 Å². The van der Waals surface area contributed by atoms with Crippen molar-refractivity contribution in [3.63, 3.8) is 0 Å². The van der Waals surface area contributed by atoms with Gasteiger partial charge in [0.25, 0.3) is 5.91 Å². The van der Waals surface area contributed by atoms with Crippen LogP contribution in [0.1, 0.15) is 42.5 Å². The minimum absolute atomic E-state index is 0.0121. The molecule has 0 heterocycles. The molecule has 110 valence electrons. The first kappa shape index (κ1) is 15.8. The van der Waals surface area contributed by atoms with E-state index >= 15 is 0 Å². The summed E-state index contributed by atoms with van der Waals surface area (Å²) in [6.07, 6.45) is 5.82. The average molecular weight is 363 g/mol. The topological polar surface area (TPSA) is 29.1 Å². The summed E-state index contributed by atoms with van der Waals surface area (Å²) in [7, 11) is 0. The van der Waals surface area contributed by atoms with Gasteiger partial charge in [-0.25, -0.2) is 4.39 Å². The van der Waals surface area contributed by atoms with Crippen LogP contribution in [0.5, 0.6) is 0 Å². The summed E-state index contributed by atoms with van der Waals surface area (Å²) in [4.78, 5) is 12.1. The zero-order valence-electron chi connectivity index (χ0n) is 11.2. The molecular formula is C15H18BrClFNO. The van der Waals surface area contributed by atoms with E-state index in [-0.39, 0.29) is 16.0 Å². The van der Waals surface area contributed by atoms with Crippen molar-refractivity contribution in [2.75, 3.05) is 11.9 Å². The Morgan fingerprint density at radius 3 is 2.70 bits per heavy atom. The van der Waals surface area contributed by atoms with Crippen LogP contribution in [0.2, 0.25) is 5.02 Å². The van der Waals surface area contributed by atoms with Crippen molar-refractivity contribution >= 4 is 33.4 Å². The zero-order valence-corrected chi connectivity index (χ0v) is 13.6. The molecule has 20 heavy (non-hydrogen) atoms. The summed E-state index contributed by atoms with van der Waals surface area (Å²) in [6, 6.07) is 4.48. The molecule has 0 aromatic heterocycles. The smallest absolute Gasteiger partial charge is 0.254 e. The highest BCUT2D eigenvalue weighted by Crippen LogP contribution is 2.37. The number of amides is 1. The van der Waals surface area contributed by atoms with Crippen LogP contribution in [-0.2, 0) is 0 Å². The Morgan fingerprint density at radius 1 is 1.35 bits per heavy atom. The average Bonchev–Trinajstić information content (AvgIpc) is 2.48. The largest absolute Gasteiger partial charge is 0.351 e. The maximum atomic E-state index is 13.8. The molecule has 0 atom stereocenters. The molecule has 0 bridgehead atoms. The van der Waals surface area contributed by atoms with Crippen molar-refractivity contribution in [3.8, 4) is 0 Å². The van der Waals surface area contributed by atoms with Crippen molar-refractivity contribution in [3.05, 3.63) is 34.6 Å². The maximum absolute atomic E-state index is 13.8. The van der Waals surface area contributed by atoms with Gasteiger partial charge in [-0.1, -0.05) is 52.9 Å². The van der Waals surface area contributed by atoms with Crippen molar-refractivity contribution in [2.24, 2.45) is 5.41 Å². The number of hydrogen-bond acceptors (Lipinski definition) is 1. The third-order valence-electron chi connectivity index (χ3n) is 4.02. The number of carbonyl (C=O) groups excluding carboxylic acids is 1. The van der Waals surface area contributed by atoms with E-state index in [9.17, 15) is 9.18 Å². The fraction of sp³-hybridized carbons (Fsp3) is 0.533. The monoisotopic (exact) mass is 361 g/mol. The van der Waals surface area contributed by atoms with Gasteiger partial charge in [0, 0.05) is 11.9 Å². The zero-order chi connectivity index (χ0) is 14.6. The minimum atomic E-state index is -0.650. The molecule has 1 amide bonds. The normalized spacial score (nSPS) is 17.8. The molecule has 1 fully saturated rings. The fourth-order valence-electron chi connectivity index (χ4n) is 2.70. The molecule has 1 aliphatic rings. The number of benzene rings is 1. The molecule has 0 radical (unpaired) electrons. The number of nitrogens with one attached hydrogen (secondary N) is 1. The second-order valence-corrected chi connectivity index (χ2v) is 6.45. The first-order chi connectivity index (χ1) is 9.58. The van der Waals surface area contributed by atoms with Crippen molar-refractivity contribution < 1.29 is 9.18 Å². The van der Waals surface area contributed by atoms with E-state index in [1.165, 1.54) is 31.4 Å². The second kappa shape index (κ2) is 6.90. The molecule has 0 saturated heterocycles. The van der Waals surface area contributed by atoms with E-state index in [2.05, 4.69) is 21.2 Å². The summed E-state index contributed by atoms with van der Waals surface area (Å²) in [6.45, 7) is 0.572. The van der Waals surface area contributed by atoms with E-state index in [0.29, 0.717) is 6.54 Å². The minimum Gasteiger partial charge on any atom is -0.351 e. The summed E-state index contributed by atoms with van der Waals surface area (Å²) < 4.78 is 13.8. The molecule has 2 rings (SSSR count). The van der Waals surface area contributed by atoms with Gasteiger partial charge >= 0.3 is 0 Å². The van der Waals surface area contributed by atoms with Gasteiger partial charge in [0.15, 0.2) is 5.82 Å². The SMILES string of the molecule is O=C(NCC1(CBr)CCCCC1)c1cccc(Cl)c1F. The molecular weight excluding hydrogens is 345 g/mol. The summed E-state index contributed by atoms with van der Waals surface area (Å²) in [5.41, 5.74) is 0.112. The molecule has 0 spiro atoms. The molecule has 1 N–H and O–H groups in total. The van der Waals surface area contributed by atoms with Crippen LogP contribution in [-0.4, -0.2) is 17.8 Å². The van der Waals surface area contributed by atoms with Crippen LogP contribution >= 0.6 is 27.5 Å². The molecule has 2 nitrogen and oxygen atoms in total. The molecule has 0 aliphatic heterocycles. The first-order valence-electron chi connectivity index (χ1n) is 6.86. The Labute approximate surface area is 132 Å². The standard InChI is InChI=1S/C15H18BrClFNO/c16-9-15(7-2-1-3-8-15)10-19-14(20)11-5-4-6-12(17)13(11)18/h4-6H,1-3,7-10H2,(H,19,20). The van der Waals surface area contributed by atoms with E-state index in [1.54, 1.807) is 6.07 Å². The second-order valence-electron chi connectivity index (χ2n) is 5.48. The van der Waals surface area contributed by atoms with Crippen LogP contribution in [0.3, 0.4) is 0 Å². The van der Waals surface area contributed by atoms with Gasteiger partial charge in [0.05, 0.1) is 10.6 Å². The number of hydrogen-bond donors (Lipinski definition) is 1. The third kappa shape index (κ3) is 3.53. The highest BCUT2D eigenvalue weighted by atomic mass is 79.9. The molecule has 1 aromatic rings. The number of alkyl halides is 1. The van der Waals surface area contributed by atoms with Crippen molar-refractivity contribution in [2.45, 2.75) is 32.1 Å². The van der Waals surface area contributed by atoms with Crippen molar-refractivity contribution in [1.29, 1.82) is 0 Å². The van der Waals surface area contributed by atoms with Gasteiger partial charge < -0.3 is 5.32 Å². The third-order valence-corrected chi connectivity index (χ3v) is 5.50. The highest BCUT2D eigenvalue weighted by molar-refractivity contribution is 9.09. The summed E-state index contributed by atoms with van der Waals surface area (Å²) in [5, 5.41) is 3.70. The molecule has 5 heteroatoms. The van der Waals surface area contributed by atoms with E-state index in [0.717, 1.165) is 18.2 Å². The molecule has 0 unspecified atom stereocenters. The maximum Gasteiger partial charge on any atom is 0.254 e. The lowest BCUT2D eigenvalue weighted by atomic mass is 9.75. The van der Waals surface area contributed by atoms with Crippen molar-refractivity contribution in [1.82, 2.24) is 5.32 Å². The van der Waals surface area contributed by atoms with Gasteiger partial charge in [0.1, 0.15) is 0 Å². The van der Waals surface area contributed by atoms with Gasteiger partial charge in [-0.15, -0.1) is 0 Å². The van der Waals surface area contributed by atoms with Crippen LogP contribution in [0.4, 0.5) is 4.39 Å². The predicted molar refractivity (Wildman–Crippen MR) is 83.1 cm³/mol. The van der Waals surface area contributed by atoms with Gasteiger partial charge in [-0.3, -0.25) is 4.79 Å². The van der Waals surface area contributed by atoms with Crippen LogP contribution in [0.15, 0.2) is 18.2 Å². The van der Waals surface area contributed by atoms with Gasteiger partial charge in [-0.05, 0) is 30.4 Å². The van der Waals surface area contributed by atoms with E-state index < -0.39 is 11.7 Å². The molecule has 1 aromatic carbocycles. The summed E-state index contributed by atoms with van der Waals surface area (Å²) in [5.74, 6) is -1.04. The lowest BCUT2D eigenvalue weighted by Gasteiger charge is -2.35.